The Morgan fingerprint density at radius 3 is 3.10 bits per heavy atom. The van der Waals surface area contributed by atoms with Crippen molar-refractivity contribution in [3.05, 3.63) is 0 Å². The number of nitrogens with two attached hydrogens (primary N) is 1. The highest BCUT2D eigenvalue weighted by atomic mass is 16.6. The fourth-order valence-electron chi connectivity index (χ4n) is 0.956. The van der Waals surface area contributed by atoms with Crippen molar-refractivity contribution in [2.24, 2.45) is 11.7 Å². The van der Waals surface area contributed by atoms with Crippen LogP contribution in [-0.4, -0.2) is 37.7 Å². The maximum atomic E-state index is 10.7. The lowest BCUT2D eigenvalue weighted by Gasteiger charge is -2.28. The third kappa shape index (κ3) is 1.39. The summed E-state index contributed by atoms with van der Waals surface area (Å²) in [6.07, 6.45) is -0.246. The molecule has 0 aromatic rings. The second-order valence-electron chi connectivity index (χ2n) is 2.56. The third-order valence-electron chi connectivity index (χ3n) is 1.62. The Hall–Kier alpha value is -0.770. The first-order valence-corrected chi connectivity index (χ1v) is 3.32. The summed E-state index contributed by atoms with van der Waals surface area (Å²) in [6, 6.07) is 0. The highest BCUT2D eigenvalue weighted by molar-refractivity contribution is 5.67. The lowest BCUT2D eigenvalue weighted by Crippen LogP contribution is -2.43. The van der Waals surface area contributed by atoms with Crippen LogP contribution in [0.4, 0.5) is 4.79 Å². The van der Waals surface area contributed by atoms with E-state index in [1.165, 1.54) is 0 Å². The minimum absolute atomic E-state index is 0.246. The molecule has 0 aliphatic carbocycles. The molecular weight excluding hydrogens is 132 g/mol. The van der Waals surface area contributed by atoms with E-state index in [-0.39, 0.29) is 6.09 Å². The Balaban J connectivity index is 2.40. The summed E-state index contributed by atoms with van der Waals surface area (Å²) in [7, 11) is 1.71. The first-order valence-electron chi connectivity index (χ1n) is 3.32. The molecule has 2 N–H and O–H groups in total. The molecule has 1 fully saturated rings. The summed E-state index contributed by atoms with van der Waals surface area (Å²) >= 11 is 0. The summed E-state index contributed by atoms with van der Waals surface area (Å²) in [5.41, 5.74) is 5.39. The summed E-state index contributed by atoms with van der Waals surface area (Å²) in [4.78, 5) is 12.3. The Bertz CT molecular complexity index is 138. The topological polar surface area (TPSA) is 55.6 Å². The molecule has 58 valence electrons. The summed E-state index contributed by atoms with van der Waals surface area (Å²) in [6.45, 7) is 1.77. The maximum Gasteiger partial charge on any atom is 0.409 e. The number of nitrogens with zero attached hydrogens (tertiary/aromatic N) is 1. The average Bonchev–Trinajstić information content (AvgIpc) is 1.95. The van der Waals surface area contributed by atoms with Crippen LogP contribution in [-0.2, 0) is 4.74 Å². The fourth-order valence-corrected chi connectivity index (χ4v) is 0.956. The number of carbonyl (C=O) groups excluding carboxylic acids is 1. The van der Waals surface area contributed by atoms with E-state index in [2.05, 4.69) is 0 Å². The molecule has 0 radical (unpaired) electrons. The van der Waals surface area contributed by atoms with Gasteiger partial charge < -0.3 is 15.4 Å². The molecule has 1 heterocycles. The highest BCUT2D eigenvalue weighted by Crippen LogP contribution is 2.06. The minimum atomic E-state index is -0.246. The summed E-state index contributed by atoms with van der Waals surface area (Å²) in [5.74, 6) is 0.308. The molecular formula is C6H12N2O2. The molecule has 4 nitrogen and oxygen atoms in total. The molecule has 1 amide bonds. The molecule has 0 aromatic heterocycles. The number of cyclic esters (lactones) is 1. The van der Waals surface area contributed by atoms with Crippen molar-refractivity contribution >= 4 is 6.09 Å². The van der Waals surface area contributed by atoms with E-state index in [1.807, 2.05) is 0 Å². The number of ether oxygens (including phenoxy) is 1. The minimum Gasteiger partial charge on any atom is -0.449 e. The van der Waals surface area contributed by atoms with Crippen LogP contribution in [0.15, 0.2) is 0 Å². The van der Waals surface area contributed by atoms with Gasteiger partial charge in [0.25, 0.3) is 0 Å². The number of hydrogen-bond acceptors (Lipinski definition) is 3. The van der Waals surface area contributed by atoms with Gasteiger partial charge in [-0.15, -0.1) is 0 Å². The van der Waals surface area contributed by atoms with Gasteiger partial charge >= 0.3 is 6.09 Å². The standard InChI is InChI=1S/C6H12N2O2/c1-8-3-5(2-7)4-10-6(8)9/h5H,2-4,7H2,1H3/t5-/m0/s1. The normalized spacial score (nSPS) is 26.4. The van der Waals surface area contributed by atoms with Gasteiger partial charge in [-0.2, -0.15) is 0 Å². The quantitative estimate of drug-likeness (QED) is 0.547. The van der Waals surface area contributed by atoms with E-state index in [0.29, 0.717) is 19.1 Å². The lowest BCUT2D eigenvalue weighted by molar-refractivity contribution is 0.0555. The molecule has 0 spiro atoms. The zero-order chi connectivity index (χ0) is 7.56. The number of hydrogen-bond donors (Lipinski definition) is 1. The Morgan fingerprint density at radius 1 is 1.90 bits per heavy atom. The fraction of sp³-hybridized carbons (Fsp3) is 0.833. The smallest absolute Gasteiger partial charge is 0.409 e. The van der Waals surface area contributed by atoms with Crippen LogP contribution in [0.25, 0.3) is 0 Å². The molecule has 0 unspecified atom stereocenters. The maximum absolute atomic E-state index is 10.7. The summed E-state index contributed by atoms with van der Waals surface area (Å²) < 4.78 is 4.80. The molecule has 1 saturated heterocycles. The van der Waals surface area contributed by atoms with Gasteiger partial charge in [0.15, 0.2) is 0 Å². The van der Waals surface area contributed by atoms with Gasteiger partial charge in [0.2, 0.25) is 0 Å². The van der Waals surface area contributed by atoms with Gasteiger partial charge in [-0.1, -0.05) is 0 Å². The SMILES string of the molecule is CN1C[C@H](CN)COC1=O. The van der Waals surface area contributed by atoms with E-state index in [0.717, 1.165) is 6.54 Å². The Kier molecular flexibility index (Phi) is 2.11. The van der Waals surface area contributed by atoms with Crippen LogP contribution in [0.3, 0.4) is 0 Å². The van der Waals surface area contributed by atoms with Crippen molar-refractivity contribution in [1.29, 1.82) is 0 Å². The van der Waals surface area contributed by atoms with Crippen LogP contribution in [0, 0.1) is 5.92 Å². The number of amides is 1. The highest BCUT2D eigenvalue weighted by Gasteiger charge is 2.22. The molecule has 0 aromatic carbocycles. The summed E-state index contributed by atoms with van der Waals surface area (Å²) in [5, 5.41) is 0. The van der Waals surface area contributed by atoms with Crippen LogP contribution in [0.1, 0.15) is 0 Å². The molecule has 10 heavy (non-hydrogen) atoms. The largest absolute Gasteiger partial charge is 0.449 e. The van der Waals surface area contributed by atoms with Crippen molar-refractivity contribution in [2.45, 2.75) is 0 Å². The van der Waals surface area contributed by atoms with Gasteiger partial charge in [0, 0.05) is 26.1 Å². The van der Waals surface area contributed by atoms with E-state index >= 15 is 0 Å². The lowest BCUT2D eigenvalue weighted by atomic mass is 10.1. The van der Waals surface area contributed by atoms with Crippen molar-refractivity contribution in [3.8, 4) is 0 Å². The van der Waals surface area contributed by atoms with Crippen molar-refractivity contribution < 1.29 is 9.53 Å². The molecule has 4 heteroatoms. The van der Waals surface area contributed by atoms with E-state index in [4.69, 9.17) is 10.5 Å². The van der Waals surface area contributed by atoms with Crippen molar-refractivity contribution in [1.82, 2.24) is 4.90 Å². The Morgan fingerprint density at radius 2 is 2.60 bits per heavy atom. The van der Waals surface area contributed by atoms with Crippen LogP contribution in [0.5, 0.6) is 0 Å². The monoisotopic (exact) mass is 144 g/mol. The van der Waals surface area contributed by atoms with Crippen LogP contribution >= 0.6 is 0 Å². The zero-order valence-corrected chi connectivity index (χ0v) is 6.04. The van der Waals surface area contributed by atoms with Gasteiger partial charge in [-0.05, 0) is 0 Å². The Labute approximate surface area is 59.9 Å². The van der Waals surface area contributed by atoms with Gasteiger partial charge in [-0.25, -0.2) is 4.79 Å². The molecule has 0 bridgehead atoms. The van der Waals surface area contributed by atoms with E-state index < -0.39 is 0 Å². The zero-order valence-electron chi connectivity index (χ0n) is 6.04. The predicted molar refractivity (Wildman–Crippen MR) is 36.5 cm³/mol. The number of rotatable bonds is 1. The molecule has 1 rings (SSSR count). The van der Waals surface area contributed by atoms with E-state index in [9.17, 15) is 4.79 Å². The first kappa shape index (κ1) is 7.34. The van der Waals surface area contributed by atoms with Crippen LogP contribution in [0.2, 0.25) is 0 Å². The third-order valence-corrected chi connectivity index (χ3v) is 1.62. The molecule has 1 aliphatic rings. The molecule has 1 atom stereocenters. The number of carbonyl (C=O) groups is 1. The van der Waals surface area contributed by atoms with Crippen LogP contribution < -0.4 is 5.73 Å². The molecule has 1 aliphatic heterocycles. The van der Waals surface area contributed by atoms with Gasteiger partial charge in [-0.3, -0.25) is 0 Å². The first-order chi connectivity index (χ1) is 4.74. The van der Waals surface area contributed by atoms with Gasteiger partial charge in [0.05, 0.1) is 6.61 Å². The predicted octanol–water partition coefficient (Wildman–Crippen LogP) is -0.357. The molecule has 0 saturated carbocycles. The second-order valence-corrected chi connectivity index (χ2v) is 2.56. The van der Waals surface area contributed by atoms with Gasteiger partial charge in [0.1, 0.15) is 0 Å². The van der Waals surface area contributed by atoms with E-state index in [1.54, 1.807) is 11.9 Å². The second kappa shape index (κ2) is 2.88. The average molecular weight is 144 g/mol. The van der Waals surface area contributed by atoms with Crippen molar-refractivity contribution in [3.63, 3.8) is 0 Å². The van der Waals surface area contributed by atoms with Crippen molar-refractivity contribution in [2.75, 3.05) is 26.7 Å².